The molecule has 0 saturated heterocycles. The minimum absolute atomic E-state index is 0.114. The second-order valence-corrected chi connectivity index (χ2v) is 5.43. The number of carbonyl (C=O) groups is 1. The van der Waals surface area contributed by atoms with Crippen molar-refractivity contribution >= 4 is 15.8 Å². The molecule has 7 heteroatoms. The van der Waals surface area contributed by atoms with Gasteiger partial charge in [0.2, 0.25) is 0 Å². The molecule has 0 heterocycles. The van der Waals surface area contributed by atoms with Crippen LogP contribution in [-0.2, 0) is 9.84 Å². The van der Waals surface area contributed by atoms with Gasteiger partial charge in [-0.3, -0.25) is 0 Å². The number of ether oxygens (including phenoxy) is 2. The molecule has 0 radical (unpaired) electrons. The Bertz CT molecular complexity index is 639. The molecule has 1 aromatic rings. The van der Waals surface area contributed by atoms with Crippen molar-refractivity contribution in [1.29, 1.82) is 0 Å². The Kier molecular flexibility index (Phi) is 4.40. The van der Waals surface area contributed by atoms with Crippen LogP contribution < -0.4 is 9.47 Å². The van der Waals surface area contributed by atoms with Gasteiger partial charge in [-0.05, 0) is 6.07 Å². The summed E-state index contributed by atoms with van der Waals surface area (Å²) in [6, 6.07) is 2.18. The van der Waals surface area contributed by atoms with E-state index in [0.717, 1.165) is 12.1 Å². The van der Waals surface area contributed by atoms with Crippen LogP contribution in [0.2, 0.25) is 0 Å². The van der Waals surface area contributed by atoms with Crippen LogP contribution in [0.4, 0.5) is 0 Å². The van der Waals surface area contributed by atoms with Crippen molar-refractivity contribution in [3.05, 3.63) is 17.7 Å². The van der Waals surface area contributed by atoms with E-state index in [9.17, 15) is 13.2 Å². The second kappa shape index (κ2) is 5.63. The number of aromatic carboxylic acids is 1. The summed E-state index contributed by atoms with van der Waals surface area (Å²) < 4.78 is 33.7. The normalized spacial score (nSPS) is 10.6. The van der Waals surface area contributed by atoms with Crippen LogP contribution in [0.15, 0.2) is 17.0 Å². The lowest BCUT2D eigenvalue weighted by molar-refractivity contribution is 0.0692. The molecule has 102 valence electrons. The molecule has 0 saturated carbocycles. The Morgan fingerprint density at radius 2 is 1.84 bits per heavy atom. The number of rotatable bonds is 5. The highest BCUT2D eigenvalue weighted by atomic mass is 32.2. The van der Waals surface area contributed by atoms with Gasteiger partial charge in [0.15, 0.2) is 21.3 Å². The quantitative estimate of drug-likeness (QED) is 0.805. The minimum atomic E-state index is -3.90. The van der Waals surface area contributed by atoms with Gasteiger partial charge < -0.3 is 14.6 Å². The average molecular weight is 284 g/mol. The lowest BCUT2D eigenvalue weighted by Gasteiger charge is -2.12. The molecule has 1 rings (SSSR count). The first kappa shape index (κ1) is 14.9. The number of hydrogen-bond donors (Lipinski definition) is 1. The highest BCUT2D eigenvalue weighted by molar-refractivity contribution is 7.91. The van der Waals surface area contributed by atoms with E-state index in [1.807, 2.05) is 5.92 Å². The van der Waals surface area contributed by atoms with E-state index in [1.165, 1.54) is 14.2 Å². The van der Waals surface area contributed by atoms with Gasteiger partial charge in [0.05, 0.1) is 24.7 Å². The average Bonchev–Trinajstić information content (AvgIpc) is 2.36. The number of terminal acetylenes is 1. The number of carboxylic acids is 1. The molecule has 6 nitrogen and oxygen atoms in total. The molecule has 0 amide bonds. The van der Waals surface area contributed by atoms with Crippen LogP contribution >= 0.6 is 0 Å². The van der Waals surface area contributed by atoms with Crippen molar-refractivity contribution in [1.82, 2.24) is 0 Å². The maximum atomic E-state index is 11.9. The van der Waals surface area contributed by atoms with Crippen LogP contribution in [0.25, 0.3) is 0 Å². The summed E-state index contributed by atoms with van der Waals surface area (Å²) in [4.78, 5) is 10.7. The molecule has 0 aromatic heterocycles. The zero-order chi connectivity index (χ0) is 14.6. The van der Waals surface area contributed by atoms with Gasteiger partial charge in [-0.25, -0.2) is 13.2 Å². The van der Waals surface area contributed by atoms with E-state index in [1.54, 1.807) is 0 Å². The predicted octanol–water partition coefficient (Wildman–Crippen LogP) is 0.809. The third-order valence-electron chi connectivity index (χ3n) is 2.32. The Hall–Kier alpha value is -2.20. The lowest BCUT2D eigenvalue weighted by Crippen LogP contribution is -2.12. The molecule has 0 aliphatic carbocycles. The van der Waals surface area contributed by atoms with E-state index in [0.29, 0.717) is 0 Å². The van der Waals surface area contributed by atoms with Gasteiger partial charge in [0.1, 0.15) is 5.75 Å². The standard InChI is InChI=1S/C12H12O6S/c1-4-5-19(15,16)11-7-10(18-3)9(17-2)6-8(11)12(13)14/h1,6-7H,5H2,2-3H3,(H,13,14). The number of benzene rings is 1. The molecular formula is C12H12O6S. The van der Waals surface area contributed by atoms with Crippen molar-refractivity contribution in [3.63, 3.8) is 0 Å². The van der Waals surface area contributed by atoms with E-state index < -0.39 is 32.0 Å². The maximum absolute atomic E-state index is 11.9. The molecule has 1 aromatic carbocycles. The van der Waals surface area contributed by atoms with Crippen molar-refractivity contribution in [3.8, 4) is 23.8 Å². The summed E-state index contributed by atoms with van der Waals surface area (Å²) in [5.41, 5.74) is -0.409. The minimum Gasteiger partial charge on any atom is -0.493 e. The molecule has 0 spiro atoms. The maximum Gasteiger partial charge on any atom is 0.337 e. The Morgan fingerprint density at radius 1 is 1.32 bits per heavy atom. The fourth-order valence-corrected chi connectivity index (χ4v) is 2.62. The van der Waals surface area contributed by atoms with Crippen molar-refractivity contribution in [2.75, 3.05) is 20.0 Å². The molecule has 0 fully saturated rings. The fourth-order valence-electron chi connectivity index (χ4n) is 1.47. The van der Waals surface area contributed by atoms with E-state index in [4.69, 9.17) is 21.0 Å². The summed E-state index contributed by atoms with van der Waals surface area (Å²) in [6.07, 6.45) is 4.97. The van der Waals surface area contributed by atoms with Crippen molar-refractivity contribution < 1.29 is 27.8 Å². The molecule has 0 aliphatic rings. The summed E-state index contributed by atoms with van der Waals surface area (Å²) in [5, 5.41) is 9.07. The van der Waals surface area contributed by atoms with Crippen LogP contribution in [-0.4, -0.2) is 39.5 Å². The van der Waals surface area contributed by atoms with Crippen molar-refractivity contribution in [2.45, 2.75) is 4.90 Å². The lowest BCUT2D eigenvalue weighted by atomic mass is 10.2. The van der Waals surface area contributed by atoms with E-state index in [-0.39, 0.29) is 11.5 Å². The molecular weight excluding hydrogens is 272 g/mol. The first-order valence-corrected chi connectivity index (χ1v) is 6.68. The van der Waals surface area contributed by atoms with Gasteiger partial charge in [-0.2, -0.15) is 0 Å². The smallest absolute Gasteiger partial charge is 0.337 e. The SMILES string of the molecule is C#CCS(=O)(=O)c1cc(OC)c(OC)cc1C(=O)O. The third-order valence-corrected chi connectivity index (χ3v) is 3.88. The Balaban J connectivity index is 3.63. The third kappa shape index (κ3) is 2.98. The topological polar surface area (TPSA) is 89.9 Å². The van der Waals surface area contributed by atoms with Gasteiger partial charge in [0.25, 0.3) is 0 Å². The van der Waals surface area contributed by atoms with Crippen LogP contribution in [0.1, 0.15) is 10.4 Å². The first-order valence-electron chi connectivity index (χ1n) is 5.03. The molecule has 1 N–H and O–H groups in total. The van der Waals surface area contributed by atoms with E-state index >= 15 is 0 Å². The summed E-state index contributed by atoms with van der Waals surface area (Å²) in [6.45, 7) is 0. The molecule has 0 atom stereocenters. The Labute approximate surface area is 110 Å². The highest BCUT2D eigenvalue weighted by Crippen LogP contribution is 2.33. The van der Waals surface area contributed by atoms with Crippen molar-refractivity contribution in [2.24, 2.45) is 0 Å². The Morgan fingerprint density at radius 3 is 2.26 bits per heavy atom. The zero-order valence-corrected chi connectivity index (χ0v) is 11.2. The molecule has 19 heavy (non-hydrogen) atoms. The predicted molar refractivity (Wildman–Crippen MR) is 67.4 cm³/mol. The molecule has 0 unspecified atom stereocenters. The number of hydrogen-bond acceptors (Lipinski definition) is 5. The molecule has 0 bridgehead atoms. The number of sulfone groups is 1. The van der Waals surface area contributed by atoms with Crippen LogP contribution in [0.5, 0.6) is 11.5 Å². The number of carboxylic acid groups (broad SMARTS) is 1. The summed E-state index contributed by atoms with van der Waals surface area (Å²) >= 11 is 0. The monoisotopic (exact) mass is 284 g/mol. The van der Waals surface area contributed by atoms with E-state index in [2.05, 4.69) is 0 Å². The van der Waals surface area contributed by atoms with Crippen LogP contribution in [0.3, 0.4) is 0 Å². The zero-order valence-electron chi connectivity index (χ0n) is 10.3. The second-order valence-electron chi connectivity index (χ2n) is 3.47. The van der Waals surface area contributed by atoms with Gasteiger partial charge >= 0.3 is 5.97 Å². The number of methoxy groups -OCH3 is 2. The first-order chi connectivity index (χ1) is 8.87. The largest absolute Gasteiger partial charge is 0.493 e. The van der Waals surface area contributed by atoms with Gasteiger partial charge in [0, 0.05) is 6.07 Å². The van der Waals surface area contributed by atoms with Gasteiger partial charge in [-0.15, -0.1) is 6.42 Å². The highest BCUT2D eigenvalue weighted by Gasteiger charge is 2.25. The fraction of sp³-hybridized carbons (Fsp3) is 0.250. The van der Waals surface area contributed by atoms with Gasteiger partial charge in [-0.1, -0.05) is 5.92 Å². The summed E-state index contributed by atoms with van der Waals surface area (Å²) in [7, 11) is -1.26. The molecule has 0 aliphatic heterocycles. The van der Waals surface area contributed by atoms with Crippen LogP contribution in [0, 0.1) is 12.3 Å². The summed E-state index contributed by atoms with van der Waals surface area (Å²) in [5.74, 6) is 0.238.